The SMILES string of the molecule is N#Cc1cc(Br)ccc1C(F)F. The van der Waals surface area contributed by atoms with Crippen LogP contribution >= 0.6 is 15.9 Å². The second kappa shape index (κ2) is 3.63. The van der Waals surface area contributed by atoms with Crippen LogP contribution in [0.25, 0.3) is 0 Å². The van der Waals surface area contributed by atoms with Gasteiger partial charge >= 0.3 is 0 Å². The summed E-state index contributed by atoms with van der Waals surface area (Å²) in [5.41, 5.74) is -0.208. The highest BCUT2D eigenvalue weighted by atomic mass is 79.9. The molecule has 0 heterocycles. The molecular weight excluding hydrogens is 228 g/mol. The van der Waals surface area contributed by atoms with Crippen LogP contribution in [0, 0.1) is 11.3 Å². The summed E-state index contributed by atoms with van der Waals surface area (Å²) < 4.78 is 25.0. The van der Waals surface area contributed by atoms with Crippen molar-refractivity contribution in [3.63, 3.8) is 0 Å². The Morgan fingerprint density at radius 2 is 2.08 bits per heavy atom. The van der Waals surface area contributed by atoms with Gasteiger partial charge in [-0.1, -0.05) is 22.0 Å². The van der Waals surface area contributed by atoms with Crippen molar-refractivity contribution in [3.8, 4) is 6.07 Å². The van der Waals surface area contributed by atoms with Crippen LogP contribution in [0.15, 0.2) is 22.7 Å². The van der Waals surface area contributed by atoms with E-state index in [1.165, 1.54) is 18.2 Å². The first kappa shape index (κ1) is 9.14. The molecule has 1 nitrogen and oxygen atoms in total. The summed E-state index contributed by atoms with van der Waals surface area (Å²) in [6.07, 6.45) is -2.59. The van der Waals surface area contributed by atoms with E-state index in [4.69, 9.17) is 5.26 Å². The maximum atomic E-state index is 12.2. The van der Waals surface area contributed by atoms with Gasteiger partial charge in [0.25, 0.3) is 6.43 Å². The molecule has 1 rings (SSSR count). The lowest BCUT2D eigenvalue weighted by Gasteiger charge is -2.01. The fourth-order valence-corrected chi connectivity index (χ4v) is 1.18. The van der Waals surface area contributed by atoms with Gasteiger partial charge in [0.15, 0.2) is 0 Å². The van der Waals surface area contributed by atoms with Gasteiger partial charge in [-0.25, -0.2) is 8.78 Å². The van der Waals surface area contributed by atoms with Crippen molar-refractivity contribution in [3.05, 3.63) is 33.8 Å². The molecule has 0 spiro atoms. The van der Waals surface area contributed by atoms with Gasteiger partial charge < -0.3 is 0 Å². The van der Waals surface area contributed by atoms with Crippen LogP contribution in [0.3, 0.4) is 0 Å². The molecule has 0 N–H and O–H groups in total. The van der Waals surface area contributed by atoms with Crippen LogP contribution in [-0.4, -0.2) is 0 Å². The van der Waals surface area contributed by atoms with Crippen molar-refractivity contribution in [1.29, 1.82) is 5.26 Å². The normalized spacial score (nSPS) is 9.92. The van der Waals surface area contributed by atoms with E-state index in [9.17, 15) is 8.78 Å². The first-order valence-corrected chi connectivity index (χ1v) is 3.92. The summed E-state index contributed by atoms with van der Waals surface area (Å²) in [4.78, 5) is 0. The zero-order valence-electron chi connectivity index (χ0n) is 5.89. The van der Waals surface area contributed by atoms with Crippen molar-refractivity contribution in [2.75, 3.05) is 0 Å². The number of alkyl halides is 2. The van der Waals surface area contributed by atoms with Gasteiger partial charge in [0.1, 0.15) is 0 Å². The molecule has 0 saturated heterocycles. The molecular formula is C8H4BrF2N. The highest BCUT2D eigenvalue weighted by Crippen LogP contribution is 2.24. The van der Waals surface area contributed by atoms with E-state index in [1.54, 1.807) is 6.07 Å². The van der Waals surface area contributed by atoms with E-state index in [0.29, 0.717) is 4.47 Å². The van der Waals surface area contributed by atoms with Gasteiger partial charge in [0, 0.05) is 10.0 Å². The maximum Gasteiger partial charge on any atom is 0.265 e. The number of rotatable bonds is 1. The topological polar surface area (TPSA) is 23.8 Å². The predicted molar refractivity (Wildman–Crippen MR) is 43.8 cm³/mol. The van der Waals surface area contributed by atoms with Crippen molar-refractivity contribution >= 4 is 15.9 Å². The summed E-state index contributed by atoms with van der Waals surface area (Å²) in [7, 11) is 0. The van der Waals surface area contributed by atoms with Crippen molar-refractivity contribution in [1.82, 2.24) is 0 Å². The van der Waals surface area contributed by atoms with Crippen molar-refractivity contribution in [2.45, 2.75) is 6.43 Å². The Morgan fingerprint density at radius 3 is 2.58 bits per heavy atom. The molecule has 1 aromatic carbocycles. The quantitative estimate of drug-likeness (QED) is 0.728. The third-order valence-electron chi connectivity index (χ3n) is 1.37. The van der Waals surface area contributed by atoms with Crippen molar-refractivity contribution < 1.29 is 8.78 Å². The molecule has 0 aliphatic carbocycles. The van der Waals surface area contributed by atoms with E-state index >= 15 is 0 Å². The minimum absolute atomic E-state index is 0.0133. The summed E-state index contributed by atoms with van der Waals surface area (Å²) in [5, 5.41) is 8.49. The van der Waals surface area contributed by atoms with Gasteiger partial charge in [-0.3, -0.25) is 0 Å². The number of halogens is 3. The average Bonchev–Trinajstić information content (AvgIpc) is 2.03. The first-order valence-electron chi connectivity index (χ1n) is 3.13. The van der Waals surface area contributed by atoms with E-state index in [0.717, 1.165) is 0 Å². The molecule has 0 fully saturated rings. The Morgan fingerprint density at radius 1 is 1.42 bits per heavy atom. The molecule has 0 bridgehead atoms. The molecule has 12 heavy (non-hydrogen) atoms. The molecule has 0 radical (unpaired) electrons. The number of nitriles is 1. The largest absolute Gasteiger partial charge is 0.265 e. The van der Waals surface area contributed by atoms with Crippen LogP contribution in [0.5, 0.6) is 0 Å². The Bertz CT molecular complexity index is 330. The molecule has 0 amide bonds. The first-order chi connectivity index (χ1) is 5.65. The molecule has 0 aliphatic rings. The lowest BCUT2D eigenvalue weighted by molar-refractivity contribution is 0.151. The molecule has 0 aliphatic heterocycles. The summed E-state index contributed by atoms with van der Waals surface area (Å²) in [6, 6.07) is 5.82. The zero-order chi connectivity index (χ0) is 9.14. The molecule has 0 unspecified atom stereocenters. The van der Waals surface area contributed by atoms with Crippen LogP contribution in [0.2, 0.25) is 0 Å². The number of benzene rings is 1. The lowest BCUT2D eigenvalue weighted by Crippen LogP contribution is -1.89. The Labute approximate surface area is 76.8 Å². The number of hydrogen-bond acceptors (Lipinski definition) is 1. The summed E-state index contributed by atoms with van der Waals surface area (Å²) in [6.45, 7) is 0. The van der Waals surface area contributed by atoms with Crippen LogP contribution in [0.4, 0.5) is 8.78 Å². The fourth-order valence-electron chi connectivity index (χ4n) is 0.816. The van der Waals surface area contributed by atoms with E-state index in [2.05, 4.69) is 15.9 Å². The molecule has 1 aromatic rings. The minimum Gasteiger partial charge on any atom is -0.205 e. The van der Waals surface area contributed by atoms with Gasteiger partial charge in [-0.2, -0.15) is 5.26 Å². The van der Waals surface area contributed by atoms with Crippen LogP contribution in [-0.2, 0) is 0 Å². The monoisotopic (exact) mass is 231 g/mol. The maximum absolute atomic E-state index is 12.2. The zero-order valence-corrected chi connectivity index (χ0v) is 7.48. The average molecular weight is 232 g/mol. The fraction of sp³-hybridized carbons (Fsp3) is 0.125. The Kier molecular flexibility index (Phi) is 2.77. The van der Waals surface area contributed by atoms with Gasteiger partial charge in [-0.05, 0) is 12.1 Å². The second-order valence-corrected chi connectivity index (χ2v) is 3.06. The van der Waals surface area contributed by atoms with E-state index < -0.39 is 6.43 Å². The molecule has 0 saturated carbocycles. The third-order valence-corrected chi connectivity index (χ3v) is 1.86. The standard InChI is InChI=1S/C8H4BrF2N/c9-6-1-2-7(8(10)11)5(3-6)4-12/h1-3,8H. The highest BCUT2D eigenvalue weighted by molar-refractivity contribution is 9.10. The second-order valence-electron chi connectivity index (χ2n) is 2.14. The predicted octanol–water partition coefficient (Wildman–Crippen LogP) is 3.26. The molecule has 62 valence electrons. The molecule has 0 aromatic heterocycles. The van der Waals surface area contributed by atoms with Crippen LogP contribution in [0.1, 0.15) is 17.6 Å². The lowest BCUT2D eigenvalue weighted by atomic mass is 10.1. The molecule has 4 heteroatoms. The molecule has 0 atom stereocenters. The summed E-state index contributed by atoms with van der Waals surface area (Å²) >= 11 is 3.09. The minimum atomic E-state index is -2.59. The smallest absolute Gasteiger partial charge is 0.205 e. The van der Waals surface area contributed by atoms with Gasteiger partial charge in [-0.15, -0.1) is 0 Å². The Balaban J connectivity index is 3.23. The Hall–Kier alpha value is -0.950. The number of nitrogens with zero attached hydrogens (tertiary/aromatic N) is 1. The van der Waals surface area contributed by atoms with Gasteiger partial charge in [0.05, 0.1) is 11.6 Å². The third kappa shape index (κ3) is 1.80. The van der Waals surface area contributed by atoms with Crippen LogP contribution < -0.4 is 0 Å². The number of hydrogen-bond donors (Lipinski definition) is 0. The van der Waals surface area contributed by atoms with Gasteiger partial charge in [0.2, 0.25) is 0 Å². The van der Waals surface area contributed by atoms with E-state index in [-0.39, 0.29) is 11.1 Å². The highest BCUT2D eigenvalue weighted by Gasteiger charge is 2.12. The van der Waals surface area contributed by atoms with Crippen molar-refractivity contribution in [2.24, 2.45) is 0 Å². The summed E-state index contributed by atoms with van der Waals surface area (Å²) in [5.74, 6) is 0. The van der Waals surface area contributed by atoms with E-state index in [1.807, 2.05) is 0 Å².